The van der Waals surface area contributed by atoms with E-state index in [0.717, 1.165) is 37.3 Å². The molecule has 0 radical (unpaired) electrons. The largest absolute Gasteiger partial charge is 0.338 e. The van der Waals surface area contributed by atoms with Gasteiger partial charge in [-0.1, -0.05) is 0 Å². The highest BCUT2D eigenvalue weighted by Gasteiger charge is 2.27. The molecular weight excluding hydrogens is 242 g/mol. The number of nitrogens with one attached hydrogen (secondary N) is 2. The Kier molecular flexibility index (Phi) is 3.06. The SMILES string of the molecule is Cc1[nH]ncc1C(=O)N1CCC[C@H](c2ccn[nH]2)C1. The summed E-state index contributed by atoms with van der Waals surface area (Å²) in [5.41, 5.74) is 2.61. The zero-order valence-electron chi connectivity index (χ0n) is 10.9. The van der Waals surface area contributed by atoms with Crippen LogP contribution in [0.5, 0.6) is 0 Å². The molecule has 6 nitrogen and oxygen atoms in total. The van der Waals surface area contributed by atoms with Crippen LogP contribution in [-0.2, 0) is 0 Å². The van der Waals surface area contributed by atoms with Crippen molar-refractivity contribution in [2.24, 2.45) is 0 Å². The minimum atomic E-state index is 0.0652. The summed E-state index contributed by atoms with van der Waals surface area (Å²) in [4.78, 5) is 14.3. The van der Waals surface area contributed by atoms with E-state index >= 15 is 0 Å². The molecule has 0 aromatic carbocycles. The van der Waals surface area contributed by atoms with Gasteiger partial charge in [-0.2, -0.15) is 10.2 Å². The Bertz CT molecular complexity index is 559. The van der Waals surface area contributed by atoms with E-state index in [2.05, 4.69) is 20.4 Å². The van der Waals surface area contributed by atoms with Gasteiger partial charge in [-0.05, 0) is 25.8 Å². The van der Waals surface area contributed by atoms with Gasteiger partial charge in [0.15, 0.2) is 0 Å². The van der Waals surface area contributed by atoms with Crippen molar-refractivity contribution in [1.29, 1.82) is 0 Å². The number of carbonyl (C=O) groups excluding carboxylic acids is 1. The average molecular weight is 259 g/mol. The van der Waals surface area contributed by atoms with Crippen LogP contribution < -0.4 is 0 Å². The van der Waals surface area contributed by atoms with Crippen LogP contribution in [0.25, 0.3) is 0 Å². The van der Waals surface area contributed by atoms with Crippen molar-refractivity contribution < 1.29 is 4.79 Å². The van der Waals surface area contributed by atoms with E-state index in [1.165, 1.54) is 0 Å². The molecule has 0 aliphatic carbocycles. The Morgan fingerprint density at radius 1 is 1.42 bits per heavy atom. The minimum absolute atomic E-state index is 0.0652. The first kappa shape index (κ1) is 12.0. The molecule has 19 heavy (non-hydrogen) atoms. The number of piperidine rings is 1. The van der Waals surface area contributed by atoms with Crippen LogP contribution in [0.3, 0.4) is 0 Å². The van der Waals surface area contributed by atoms with Crippen molar-refractivity contribution in [3.8, 4) is 0 Å². The van der Waals surface area contributed by atoms with Gasteiger partial charge in [0.1, 0.15) is 0 Å². The summed E-state index contributed by atoms with van der Waals surface area (Å²) in [5, 5.41) is 13.7. The zero-order valence-corrected chi connectivity index (χ0v) is 10.9. The average Bonchev–Trinajstić information content (AvgIpc) is 3.09. The van der Waals surface area contributed by atoms with Gasteiger partial charge < -0.3 is 4.90 Å². The smallest absolute Gasteiger partial charge is 0.257 e. The molecule has 100 valence electrons. The second kappa shape index (κ2) is 4.87. The number of aryl methyl sites for hydroxylation is 1. The third kappa shape index (κ3) is 2.25. The predicted molar refractivity (Wildman–Crippen MR) is 69.8 cm³/mol. The monoisotopic (exact) mass is 259 g/mol. The maximum Gasteiger partial charge on any atom is 0.257 e. The molecular formula is C13H17N5O. The number of hydrogen-bond donors (Lipinski definition) is 2. The Morgan fingerprint density at radius 2 is 2.32 bits per heavy atom. The third-order valence-corrected chi connectivity index (χ3v) is 3.73. The molecule has 2 N–H and O–H groups in total. The lowest BCUT2D eigenvalue weighted by molar-refractivity contribution is 0.0705. The van der Waals surface area contributed by atoms with Gasteiger partial charge in [0, 0.05) is 36.6 Å². The second-order valence-corrected chi connectivity index (χ2v) is 5.01. The molecule has 3 rings (SSSR count). The van der Waals surface area contributed by atoms with Crippen LogP contribution in [0.4, 0.5) is 0 Å². The number of rotatable bonds is 2. The molecule has 1 saturated heterocycles. The highest BCUT2D eigenvalue weighted by Crippen LogP contribution is 2.26. The van der Waals surface area contributed by atoms with Crippen molar-refractivity contribution in [2.45, 2.75) is 25.7 Å². The highest BCUT2D eigenvalue weighted by molar-refractivity contribution is 5.95. The van der Waals surface area contributed by atoms with Gasteiger partial charge in [0.25, 0.3) is 5.91 Å². The summed E-state index contributed by atoms with van der Waals surface area (Å²) in [6.07, 6.45) is 5.48. The number of amides is 1. The molecule has 1 aliphatic heterocycles. The Morgan fingerprint density at radius 3 is 3.00 bits per heavy atom. The van der Waals surface area contributed by atoms with Gasteiger partial charge in [-0.15, -0.1) is 0 Å². The number of hydrogen-bond acceptors (Lipinski definition) is 3. The number of aromatic nitrogens is 4. The second-order valence-electron chi connectivity index (χ2n) is 5.01. The summed E-state index contributed by atoms with van der Waals surface area (Å²) in [7, 11) is 0. The van der Waals surface area contributed by atoms with Crippen molar-refractivity contribution in [3.63, 3.8) is 0 Å². The van der Waals surface area contributed by atoms with Crippen LogP contribution in [0.1, 0.15) is 40.5 Å². The normalized spacial score (nSPS) is 19.6. The summed E-state index contributed by atoms with van der Waals surface area (Å²) in [6.45, 7) is 3.43. The lowest BCUT2D eigenvalue weighted by Gasteiger charge is -2.32. The first-order valence-corrected chi connectivity index (χ1v) is 6.54. The minimum Gasteiger partial charge on any atom is -0.338 e. The van der Waals surface area contributed by atoms with Crippen molar-refractivity contribution in [2.75, 3.05) is 13.1 Å². The van der Waals surface area contributed by atoms with Crippen LogP contribution in [-0.4, -0.2) is 44.3 Å². The van der Waals surface area contributed by atoms with E-state index in [9.17, 15) is 4.79 Å². The first-order valence-electron chi connectivity index (χ1n) is 6.54. The fraction of sp³-hybridized carbons (Fsp3) is 0.462. The van der Waals surface area contributed by atoms with E-state index in [1.807, 2.05) is 17.9 Å². The number of carbonyl (C=O) groups is 1. The molecule has 1 atom stereocenters. The van der Waals surface area contributed by atoms with E-state index in [4.69, 9.17) is 0 Å². The Balaban J connectivity index is 1.75. The van der Waals surface area contributed by atoms with Crippen LogP contribution in [0.2, 0.25) is 0 Å². The van der Waals surface area contributed by atoms with Crippen molar-refractivity contribution in [3.05, 3.63) is 35.4 Å². The highest BCUT2D eigenvalue weighted by atomic mass is 16.2. The fourth-order valence-electron chi connectivity index (χ4n) is 2.65. The molecule has 1 amide bonds. The van der Waals surface area contributed by atoms with Gasteiger partial charge >= 0.3 is 0 Å². The molecule has 1 aliphatic rings. The third-order valence-electron chi connectivity index (χ3n) is 3.73. The number of aromatic amines is 2. The fourth-order valence-corrected chi connectivity index (χ4v) is 2.65. The van der Waals surface area contributed by atoms with Crippen LogP contribution in [0.15, 0.2) is 18.5 Å². The van der Waals surface area contributed by atoms with E-state index in [1.54, 1.807) is 12.4 Å². The number of H-pyrrole nitrogens is 2. The zero-order chi connectivity index (χ0) is 13.2. The van der Waals surface area contributed by atoms with E-state index in [0.29, 0.717) is 11.5 Å². The summed E-state index contributed by atoms with van der Waals surface area (Å²) in [5.74, 6) is 0.419. The maximum absolute atomic E-state index is 12.4. The molecule has 0 saturated carbocycles. The summed E-state index contributed by atoms with van der Waals surface area (Å²) < 4.78 is 0. The van der Waals surface area contributed by atoms with Gasteiger partial charge in [-0.3, -0.25) is 15.0 Å². The summed E-state index contributed by atoms with van der Waals surface area (Å²) >= 11 is 0. The van der Waals surface area contributed by atoms with Crippen molar-refractivity contribution >= 4 is 5.91 Å². The van der Waals surface area contributed by atoms with E-state index < -0.39 is 0 Å². The van der Waals surface area contributed by atoms with Crippen molar-refractivity contribution in [1.82, 2.24) is 25.3 Å². The standard InChI is InChI=1S/C13H17N5O/c1-9-11(7-15-16-9)13(19)18-6-2-3-10(8-18)12-4-5-14-17-12/h4-5,7,10H,2-3,6,8H2,1H3,(H,14,17)(H,15,16)/t10-/m0/s1. The number of likely N-dealkylation sites (tertiary alicyclic amines) is 1. The van der Waals surface area contributed by atoms with Gasteiger partial charge in [-0.25, -0.2) is 0 Å². The van der Waals surface area contributed by atoms with E-state index in [-0.39, 0.29) is 5.91 Å². The molecule has 0 bridgehead atoms. The van der Waals surface area contributed by atoms with Gasteiger partial charge in [0.2, 0.25) is 0 Å². The summed E-state index contributed by atoms with van der Waals surface area (Å²) in [6, 6.07) is 1.99. The Hall–Kier alpha value is -2.11. The lowest BCUT2D eigenvalue weighted by atomic mass is 9.94. The Labute approximate surface area is 111 Å². The predicted octanol–water partition coefficient (Wildman–Crippen LogP) is 1.46. The maximum atomic E-state index is 12.4. The molecule has 6 heteroatoms. The molecule has 2 aromatic rings. The topological polar surface area (TPSA) is 77.7 Å². The molecule has 1 fully saturated rings. The van der Waals surface area contributed by atoms with Crippen LogP contribution >= 0.6 is 0 Å². The van der Waals surface area contributed by atoms with Crippen LogP contribution in [0, 0.1) is 6.92 Å². The first-order chi connectivity index (χ1) is 9.25. The quantitative estimate of drug-likeness (QED) is 0.857. The molecule has 2 aromatic heterocycles. The molecule has 0 unspecified atom stereocenters. The molecule has 0 spiro atoms. The number of nitrogens with zero attached hydrogens (tertiary/aromatic N) is 3. The van der Waals surface area contributed by atoms with Gasteiger partial charge in [0.05, 0.1) is 11.8 Å². The molecule has 3 heterocycles. The lowest BCUT2D eigenvalue weighted by Crippen LogP contribution is -2.39.